The predicted octanol–water partition coefficient (Wildman–Crippen LogP) is 2.65. The number of nitrogens with zero attached hydrogens (tertiary/aromatic N) is 1. The number of rotatable bonds is 5. The van der Waals surface area contributed by atoms with Crippen LogP contribution in [0.2, 0.25) is 0 Å². The fraction of sp³-hybridized carbons (Fsp3) is 0.438. The molecule has 0 spiro atoms. The van der Waals surface area contributed by atoms with Crippen molar-refractivity contribution in [1.29, 1.82) is 0 Å². The van der Waals surface area contributed by atoms with Gasteiger partial charge >= 0.3 is 0 Å². The Balaban J connectivity index is 1.62. The predicted molar refractivity (Wildman–Crippen MR) is 79.4 cm³/mol. The van der Waals surface area contributed by atoms with E-state index in [0.717, 1.165) is 25.4 Å². The standard InChI is InChI=1S/C16H21N3O/c1-12-4-6-13(7-5-12)16-14(10-18-19-16)9-17-11-15-3-2-8-20-15/h4-7,10,15,17H,2-3,8-9,11H2,1H3,(H,18,19). The maximum Gasteiger partial charge on any atom is 0.0700 e. The molecule has 2 aromatic rings. The first-order valence-corrected chi connectivity index (χ1v) is 7.24. The van der Waals surface area contributed by atoms with E-state index in [-0.39, 0.29) is 0 Å². The molecule has 0 radical (unpaired) electrons. The monoisotopic (exact) mass is 271 g/mol. The molecule has 0 saturated carbocycles. The van der Waals surface area contributed by atoms with Crippen molar-refractivity contribution < 1.29 is 4.74 Å². The first-order valence-electron chi connectivity index (χ1n) is 7.24. The van der Waals surface area contributed by atoms with E-state index in [2.05, 4.69) is 46.7 Å². The summed E-state index contributed by atoms with van der Waals surface area (Å²) in [6, 6.07) is 8.51. The lowest BCUT2D eigenvalue weighted by Gasteiger charge is -2.10. The van der Waals surface area contributed by atoms with Gasteiger partial charge < -0.3 is 10.1 Å². The van der Waals surface area contributed by atoms with Crippen molar-refractivity contribution in [2.45, 2.75) is 32.4 Å². The molecule has 1 aromatic carbocycles. The van der Waals surface area contributed by atoms with Gasteiger partial charge in [-0.1, -0.05) is 29.8 Å². The van der Waals surface area contributed by atoms with Crippen molar-refractivity contribution in [3.8, 4) is 11.3 Å². The average molecular weight is 271 g/mol. The Morgan fingerprint density at radius 2 is 2.20 bits per heavy atom. The third-order valence-corrected chi connectivity index (χ3v) is 3.77. The van der Waals surface area contributed by atoms with Gasteiger partial charge in [-0.3, -0.25) is 5.10 Å². The average Bonchev–Trinajstić information content (AvgIpc) is 3.11. The second-order valence-electron chi connectivity index (χ2n) is 5.40. The number of hydrogen-bond donors (Lipinski definition) is 2. The van der Waals surface area contributed by atoms with Crippen molar-refractivity contribution in [3.05, 3.63) is 41.6 Å². The molecule has 1 fully saturated rings. The van der Waals surface area contributed by atoms with Gasteiger partial charge in [0.1, 0.15) is 0 Å². The Bertz CT molecular complexity index is 541. The summed E-state index contributed by atoms with van der Waals surface area (Å²) in [7, 11) is 0. The number of aromatic amines is 1. The maximum atomic E-state index is 5.61. The molecule has 0 aliphatic carbocycles. The Morgan fingerprint density at radius 3 is 2.95 bits per heavy atom. The fourth-order valence-electron chi connectivity index (χ4n) is 2.59. The molecular formula is C16H21N3O. The molecule has 2 heterocycles. The second-order valence-corrected chi connectivity index (χ2v) is 5.40. The van der Waals surface area contributed by atoms with E-state index in [4.69, 9.17) is 4.74 Å². The van der Waals surface area contributed by atoms with Gasteiger partial charge in [-0.2, -0.15) is 5.10 Å². The lowest BCUT2D eigenvalue weighted by Crippen LogP contribution is -2.25. The van der Waals surface area contributed by atoms with E-state index in [1.54, 1.807) is 0 Å². The van der Waals surface area contributed by atoms with Gasteiger partial charge in [0, 0.05) is 25.3 Å². The molecule has 0 bridgehead atoms. The third-order valence-electron chi connectivity index (χ3n) is 3.77. The molecule has 3 rings (SSSR count). The summed E-state index contributed by atoms with van der Waals surface area (Å²) in [4.78, 5) is 0. The van der Waals surface area contributed by atoms with Gasteiger partial charge in [-0.25, -0.2) is 0 Å². The van der Waals surface area contributed by atoms with Crippen molar-refractivity contribution in [2.75, 3.05) is 13.2 Å². The molecule has 4 heteroatoms. The number of aromatic nitrogens is 2. The summed E-state index contributed by atoms with van der Waals surface area (Å²) in [5.41, 5.74) is 4.75. The molecule has 1 unspecified atom stereocenters. The summed E-state index contributed by atoms with van der Waals surface area (Å²) < 4.78 is 5.61. The van der Waals surface area contributed by atoms with Crippen LogP contribution in [0.4, 0.5) is 0 Å². The largest absolute Gasteiger partial charge is 0.377 e. The van der Waals surface area contributed by atoms with Crippen LogP contribution in [0, 0.1) is 6.92 Å². The lowest BCUT2D eigenvalue weighted by atomic mass is 10.1. The first kappa shape index (κ1) is 13.3. The van der Waals surface area contributed by atoms with Crippen LogP contribution in [0.3, 0.4) is 0 Å². The number of aryl methyl sites for hydroxylation is 1. The van der Waals surface area contributed by atoms with E-state index in [0.29, 0.717) is 6.10 Å². The van der Waals surface area contributed by atoms with Crippen LogP contribution >= 0.6 is 0 Å². The highest BCUT2D eigenvalue weighted by atomic mass is 16.5. The van der Waals surface area contributed by atoms with E-state index < -0.39 is 0 Å². The van der Waals surface area contributed by atoms with E-state index >= 15 is 0 Å². The highest BCUT2D eigenvalue weighted by Crippen LogP contribution is 2.21. The quantitative estimate of drug-likeness (QED) is 0.879. The zero-order valence-corrected chi connectivity index (χ0v) is 11.9. The lowest BCUT2D eigenvalue weighted by molar-refractivity contribution is 0.110. The minimum Gasteiger partial charge on any atom is -0.377 e. The van der Waals surface area contributed by atoms with Gasteiger partial charge in [-0.15, -0.1) is 0 Å². The van der Waals surface area contributed by atoms with Gasteiger partial charge in [0.15, 0.2) is 0 Å². The molecule has 1 atom stereocenters. The van der Waals surface area contributed by atoms with E-state index in [9.17, 15) is 0 Å². The molecule has 1 aliphatic heterocycles. The summed E-state index contributed by atoms with van der Waals surface area (Å²) in [6.07, 6.45) is 4.64. The van der Waals surface area contributed by atoms with Crippen LogP contribution in [0.25, 0.3) is 11.3 Å². The number of benzene rings is 1. The maximum absolute atomic E-state index is 5.61. The minimum atomic E-state index is 0.379. The van der Waals surface area contributed by atoms with Gasteiger partial charge in [-0.05, 0) is 25.3 Å². The minimum absolute atomic E-state index is 0.379. The van der Waals surface area contributed by atoms with Gasteiger partial charge in [0.2, 0.25) is 0 Å². The van der Waals surface area contributed by atoms with Crippen LogP contribution in [-0.4, -0.2) is 29.5 Å². The second kappa shape index (κ2) is 6.20. The van der Waals surface area contributed by atoms with Crippen LogP contribution in [0.5, 0.6) is 0 Å². The molecular weight excluding hydrogens is 250 g/mol. The zero-order chi connectivity index (χ0) is 13.8. The summed E-state index contributed by atoms with van der Waals surface area (Å²) >= 11 is 0. The van der Waals surface area contributed by atoms with Gasteiger partial charge in [0.05, 0.1) is 18.0 Å². The number of ether oxygens (including phenoxy) is 1. The van der Waals surface area contributed by atoms with Crippen LogP contribution in [-0.2, 0) is 11.3 Å². The van der Waals surface area contributed by atoms with Crippen LogP contribution in [0.15, 0.2) is 30.5 Å². The number of hydrogen-bond acceptors (Lipinski definition) is 3. The summed E-state index contributed by atoms with van der Waals surface area (Å²) in [5.74, 6) is 0. The topological polar surface area (TPSA) is 49.9 Å². The Morgan fingerprint density at radius 1 is 1.35 bits per heavy atom. The van der Waals surface area contributed by atoms with Crippen molar-refractivity contribution in [1.82, 2.24) is 15.5 Å². The Labute approximate surface area is 119 Å². The molecule has 1 aromatic heterocycles. The molecule has 1 saturated heterocycles. The number of H-pyrrole nitrogens is 1. The first-order chi connectivity index (χ1) is 9.83. The molecule has 106 valence electrons. The molecule has 1 aliphatic rings. The Hall–Kier alpha value is -1.65. The SMILES string of the molecule is Cc1ccc(-c2[nH]ncc2CNCC2CCCO2)cc1. The van der Waals surface area contributed by atoms with Crippen molar-refractivity contribution in [2.24, 2.45) is 0 Å². The summed E-state index contributed by atoms with van der Waals surface area (Å²) in [6.45, 7) is 4.74. The normalized spacial score (nSPS) is 18.6. The van der Waals surface area contributed by atoms with Gasteiger partial charge in [0.25, 0.3) is 0 Å². The van der Waals surface area contributed by atoms with Crippen LogP contribution in [0.1, 0.15) is 24.0 Å². The highest BCUT2D eigenvalue weighted by molar-refractivity contribution is 5.62. The third kappa shape index (κ3) is 3.08. The molecule has 4 nitrogen and oxygen atoms in total. The highest BCUT2D eigenvalue weighted by Gasteiger charge is 2.15. The summed E-state index contributed by atoms with van der Waals surface area (Å²) in [5, 5.41) is 10.7. The smallest absolute Gasteiger partial charge is 0.0700 e. The van der Waals surface area contributed by atoms with E-state index in [1.165, 1.54) is 29.5 Å². The zero-order valence-electron chi connectivity index (χ0n) is 11.9. The fourth-order valence-corrected chi connectivity index (χ4v) is 2.59. The molecule has 20 heavy (non-hydrogen) atoms. The van der Waals surface area contributed by atoms with Crippen LogP contribution < -0.4 is 5.32 Å². The Kier molecular flexibility index (Phi) is 4.14. The van der Waals surface area contributed by atoms with Crippen molar-refractivity contribution in [3.63, 3.8) is 0 Å². The van der Waals surface area contributed by atoms with E-state index in [1.807, 2.05) is 6.20 Å². The molecule has 0 amide bonds. The van der Waals surface area contributed by atoms with Crippen molar-refractivity contribution >= 4 is 0 Å². The molecule has 2 N–H and O–H groups in total. The number of nitrogens with one attached hydrogen (secondary N) is 2.